The number of aliphatic imine (C=N–C) groups is 1. The molecular formula is C25H23BrCl2N2O4S. The van der Waals surface area contributed by atoms with Crippen molar-refractivity contribution in [2.75, 3.05) is 13.2 Å². The average molecular weight is 598 g/mol. The second kappa shape index (κ2) is 11.3. The van der Waals surface area contributed by atoms with Gasteiger partial charge in [0.25, 0.3) is 0 Å². The summed E-state index contributed by atoms with van der Waals surface area (Å²) < 4.78 is 18.2. The fourth-order valence-electron chi connectivity index (χ4n) is 3.83. The first kappa shape index (κ1) is 25.9. The van der Waals surface area contributed by atoms with Gasteiger partial charge in [0, 0.05) is 6.20 Å². The Morgan fingerprint density at radius 1 is 1.14 bits per heavy atom. The Balaban J connectivity index is 1.72. The summed E-state index contributed by atoms with van der Waals surface area (Å²) in [5.74, 6) is 0.714. The van der Waals surface area contributed by atoms with Gasteiger partial charge in [-0.1, -0.05) is 41.0 Å². The number of hydrogen-bond donors (Lipinski definition) is 0. The molecule has 1 atom stereocenters. The Bertz CT molecular complexity index is 1250. The average Bonchev–Trinajstić information content (AvgIpc) is 3.28. The van der Waals surface area contributed by atoms with Crippen LogP contribution in [0.15, 0.2) is 62.7 Å². The Hall–Kier alpha value is -2.13. The van der Waals surface area contributed by atoms with Crippen LogP contribution in [0.3, 0.4) is 0 Å². The molecule has 184 valence electrons. The van der Waals surface area contributed by atoms with E-state index in [-0.39, 0.29) is 13.2 Å². The Morgan fingerprint density at radius 3 is 2.66 bits per heavy atom. The molecule has 0 N–H and O–H groups in total. The molecule has 35 heavy (non-hydrogen) atoms. The lowest BCUT2D eigenvalue weighted by molar-refractivity contribution is -0.139. The highest BCUT2D eigenvalue weighted by molar-refractivity contribution is 9.10. The first-order chi connectivity index (χ1) is 16.8. The number of ether oxygens (including phenoxy) is 3. The van der Waals surface area contributed by atoms with Crippen molar-refractivity contribution in [2.45, 2.75) is 33.4 Å². The van der Waals surface area contributed by atoms with Crippen molar-refractivity contribution >= 4 is 62.0 Å². The van der Waals surface area contributed by atoms with E-state index in [1.807, 2.05) is 48.6 Å². The Labute approximate surface area is 227 Å². The van der Waals surface area contributed by atoms with Crippen LogP contribution in [0.5, 0.6) is 11.5 Å². The van der Waals surface area contributed by atoms with E-state index in [9.17, 15) is 4.79 Å². The van der Waals surface area contributed by atoms with Gasteiger partial charge in [-0.05, 0) is 77.5 Å². The number of halogens is 3. The molecule has 6 nitrogen and oxygen atoms in total. The molecule has 2 aromatic rings. The van der Waals surface area contributed by atoms with Crippen LogP contribution in [0.4, 0.5) is 0 Å². The molecule has 0 unspecified atom stereocenters. The van der Waals surface area contributed by atoms with Crippen molar-refractivity contribution in [2.24, 2.45) is 4.99 Å². The second-order valence-corrected chi connectivity index (χ2v) is 10.2. The van der Waals surface area contributed by atoms with E-state index in [0.717, 1.165) is 16.3 Å². The number of esters is 1. The molecule has 10 heteroatoms. The van der Waals surface area contributed by atoms with Gasteiger partial charge in [-0.15, -0.1) is 0 Å². The third kappa shape index (κ3) is 5.50. The van der Waals surface area contributed by atoms with E-state index in [0.29, 0.717) is 43.9 Å². The van der Waals surface area contributed by atoms with Gasteiger partial charge < -0.3 is 19.1 Å². The third-order valence-corrected chi connectivity index (χ3v) is 7.43. The van der Waals surface area contributed by atoms with E-state index >= 15 is 0 Å². The Morgan fingerprint density at radius 2 is 1.94 bits per heavy atom. The fraction of sp³-hybridized carbons (Fsp3) is 0.280. The minimum Gasteiger partial charge on any atom is -0.490 e. The van der Waals surface area contributed by atoms with Crippen LogP contribution in [0.25, 0.3) is 0 Å². The molecular weight excluding hydrogens is 575 g/mol. The Kier molecular flexibility index (Phi) is 8.37. The van der Waals surface area contributed by atoms with Crippen molar-refractivity contribution in [3.63, 3.8) is 0 Å². The van der Waals surface area contributed by atoms with Gasteiger partial charge in [0.15, 0.2) is 16.7 Å². The summed E-state index contributed by atoms with van der Waals surface area (Å²) in [4.78, 5) is 19.5. The van der Waals surface area contributed by atoms with Gasteiger partial charge in [-0.3, -0.25) is 0 Å². The first-order valence-corrected chi connectivity index (χ1v) is 13.4. The van der Waals surface area contributed by atoms with Crippen LogP contribution in [-0.2, 0) is 16.1 Å². The largest absolute Gasteiger partial charge is 0.490 e. The van der Waals surface area contributed by atoms with E-state index in [4.69, 9.17) is 37.4 Å². The summed E-state index contributed by atoms with van der Waals surface area (Å²) in [6.45, 7) is 6.51. The number of rotatable bonds is 8. The molecule has 0 aromatic heterocycles. The molecule has 0 aliphatic carbocycles. The van der Waals surface area contributed by atoms with E-state index < -0.39 is 12.0 Å². The fourth-order valence-corrected chi connectivity index (χ4v) is 5.52. The number of carbonyl (C=O) groups excluding carboxylic acids is 1. The predicted molar refractivity (Wildman–Crippen MR) is 144 cm³/mol. The maximum Gasteiger partial charge on any atom is 0.338 e. The summed E-state index contributed by atoms with van der Waals surface area (Å²) in [6.07, 6.45) is 1.92. The number of benzene rings is 2. The van der Waals surface area contributed by atoms with Crippen molar-refractivity contribution in [3.8, 4) is 11.5 Å². The topological polar surface area (TPSA) is 60.4 Å². The molecule has 0 saturated carbocycles. The molecule has 2 aromatic carbocycles. The van der Waals surface area contributed by atoms with Crippen LogP contribution >= 0.6 is 50.9 Å². The molecule has 0 spiro atoms. The monoisotopic (exact) mass is 596 g/mol. The van der Waals surface area contributed by atoms with Crippen molar-refractivity contribution in [1.82, 2.24) is 4.90 Å². The van der Waals surface area contributed by atoms with Crippen molar-refractivity contribution in [3.05, 3.63) is 78.9 Å². The number of hydrogen-bond acceptors (Lipinski definition) is 7. The standard InChI is InChI=1S/C25H23BrCl2N2O4S/c1-4-32-20-12-16(11-17(26)23(20)34-13-15-6-7-18(27)19(28)10-15)22-21(24(31)33-5-2)14(3)29-25-30(22)8-9-35-25/h6-12,22H,4-5,13H2,1-3H3/t22-/m1/s1. The molecule has 0 radical (unpaired) electrons. The number of carbonyl (C=O) groups is 1. The molecule has 0 bridgehead atoms. The molecule has 4 rings (SSSR count). The summed E-state index contributed by atoms with van der Waals surface area (Å²) in [5, 5.41) is 3.70. The van der Waals surface area contributed by atoms with Gasteiger partial charge in [0.2, 0.25) is 0 Å². The molecule has 0 fully saturated rings. The normalized spacial score (nSPS) is 16.8. The second-order valence-electron chi connectivity index (χ2n) is 7.63. The number of thioether (sulfide) groups is 1. The smallest absolute Gasteiger partial charge is 0.338 e. The van der Waals surface area contributed by atoms with Crippen LogP contribution < -0.4 is 9.47 Å². The molecule has 2 aliphatic heterocycles. The molecule has 2 heterocycles. The summed E-state index contributed by atoms with van der Waals surface area (Å²) in [7, 11) is 0. The van der Waals surface area contributed by atoms with Gasteiger partial charge >= 0.3 is 5.97 Å². The van der Waals surface area contributed by atoms with Gasteiger partial charge in [-0.25, -0.2) is 9.79 Å². The summed E-state index contributed by atoms with van der Waals surface area (Å²) >= 11 is 17.3. The minimum absolute atomic E-state index is 0.272. The van der Waals surface area contributed by atoms with Crippen LogP contribution in [0.2, 0.25) is 10.0 Å². The predicted octanol–water partition coefficient (Wildman–Crippen LogP) is 7.50. The SMILES string of the molecule is CCOC(=O)C1=C(C)N=C2SC=CN2[C@@H]1c1cc(Br)c(OCc2ccc(Cl)c(Cl)c2)c(OCC)c1. The quantitative estimate of drug-likeness (QED) is 0.294. The number of nitrogens with zero attached hydrogens (tertiary/aromatic N) is 2. The highest BCUT2D eigenvalue weighted by Gasteiger charge is 2.38. The lowest BCUT2D eigenvalue weighted by Gasteiger charge is -2.33. The van der Waals surface area contributed by atoms with E-state index in [1.165, 1.54) is 11.8 Å². The molecule has 2 aliphatic rings. The first-order valence-electron chi connectivity index (χ1n) is 10.9. The van der Waals surface area contributed by atoms with Crippen LogP contribution in [0, 0.1) is 0 Å². The third-order valence-electron chi connectivity index (χ3n) is 5.33. The van der Waals surface area contributed by atoms with Crippen LogP contribution in [0.1, 0.15) is 37.9 Å². The lowest BCUT2D eigenvalue weighted by Crippen LogP contribution is -2.34. The highest BCUT2D eigenvalue weighted by atomic mass is 79.9. The van der Waals surface area contributed by atoms with Crippen molar-refractivity contribution < 1.29 is 19.0 Å². The van der Waals surface area contributed by atoms with Crippen LogP contribution in [-0.4, -0.2) is 29.3 Å². The van der Waals surface area contributed by atoms with Gasteiger partial charge in [0.1, 0.15) is 6.61 Å². The molecule has 0 saturated heterocycles. The zero-order chi connectivity index (χ0) is 25.1. The maximum absolute atomic E-state index is 13.0. The number of allylic oxidation sites excluding steroid dienone is 1. The summed E-state index contributed by atoms with van der Waals surface area (Å²) in [5.41, 5.74) is 2.82. The van der Waals surface area contributed by atoms with Gasteiger partial charge in [-0.2, -0.15) is 0 Å². The van der Waals surface area contributed by atoms with E-state index in [1.54, 1.807) is 19.1 Å². The van der Waals surface area contributed by atoms with Crippen molar-refractivity contribution in [1.29, 1.82) is 0 Å². The van der Waals surface area contributed by atoms with Gasteiger partial charge in [0.05, 0.1) is 45.0 Å². The summed E-state index contributed by atoms with van der Waals surface area (Å²) in [6, 6.07) is 8.77. The van der Waals surface area contributed by atoms with E-state index in [2.05, 4.69) is 20.9 Å². The zero-order valence-electron chi connectivity index (χ0n) is 19.3. The highest BCUT2D eigenvalue weighted by Crippen LogP contribution is 2.45. The number of fused-ring (bicyclic) bond motifs is 1. The maximum atomic E-state index is 13.0. The number of amidine groups is 1. The zero-order valence-corrected chi connectivity index (χ0v) is 23.2. The lowest BCUT2D eigenvalue weighted by atomic mass is 9.94. The molecule has 0 amide bonds. The minimum atomic E-state index is -0.424.